The van der Waals surface area contributed by atoms with Crippen LogP contribution in [-0.4, -0.2) is 63.4 Å². The molecule has 12 heteroatoms. The molecule has 6 nitrogen and oxygen atoms in total. The fourth-order valence-electron chi connectivity index (χ4n) is 6.60. The lowest BCUT2D eigenvalue weighted by molar-refractivity contribution is -0.143. The Hall–Kier alpha value is -3.67. The molecule has 1 aromatic heterocycles. The van der Waals surface area contributed by atoms with E-state index < -0.39 is 23.5 Å². The quantitative estimate of drug-likeness (QED) is 0.267. The van der Waals surface area contributed by atoms with Crippen molar-refractivity contribution in [2.45, 2.75) is 76.9 Å². The standard InChI is InChI=1S/C33H37F6N5O/c1-22-29(23(2)41-21-40-22)30(45)42-15-11-31(3,12-16-42)43-13-9-27(10-14-43)44(20-24-7-5-4-6-8-24)28-18-25(32(34,35)36)17-26(19-28)33(37,38)39/h4-8,17-19,21,27H,9-16,20H2,1-3H3. The maximum Gasteiger partial charge on any atom is 0.416 e. The summed E-state index contributed by atoms with van der Waals surface area (Å²) in [7, 11) is 0. The van der Waals surface area contributed by atoms with Gasteiger partial charge in [0.05, 0.1) is 28.1 Å². The number of aromatic nitrogens is 2. The third-order valence-electron chi connectivity index (χ3n) is 9.34. The highest BCUT2D eigenvalue weighted by Gasteiger charge is 2.41. The molecule has 0 bridgehead atoms. The molecule has 0 unspecified atom stereocenters. The van der Waals surface area contributed by atoms with Gasteiger partial charge in [0, 0.05) is 50.0 Å². The zero-order valence-electron chi connectivity index (χ0n) is 25.5. The number of halogens is 6. The van der Waals surface area contributed by atoms with Crippen molar-refractivity contribution in [3.05, 3.63) is 88.5 Å². The summed E-state index contributed by atoms with van der Waals surface area (Å²) in [5.74, 6) is -0.0813. The molecule has 242 valence electrons. The van der Waals surface area contributed by atoms with E-state index in [4.69, 9.17) is 0 Å². The van der Waals surface area contributed by atoms with Gasteiger partial charge in [-0.2, -0.15) is 26.3 Å². The average molecular weight is 634 g/mol. The first-order chi connectivity index (χ1) is 21.2. The van der Waals surface area contributed by atoms with E-state index in [2.05, 4.69) is 21.8 Å². The first-order valence-corrected chi connectivity index (χ1v) is 15.1. The van der Waals surface area contributed by atoms with E-state index in [1.165, 1.54) is 6.33 Å². The van der Waals surface area contributed by atoms with Gasteiger partial charge in [0.15, 0.2) is 0 Å². The topological polar surface area (TPSA) is 52.6 Å². The number of amides is 1. The Morgan fingerprint density at radius 3 is 1.91 bits per heavy atom. The second-order valence-electron chi connectivity index (χ2n) is 12.3. The van der Waals surface area contributed by atoms with Crippen molar-refractivity contribution < 1.29 is 31.1 Å². The van der Waals surface area contributed by atoms with Crippen LogP contribution in [0.2, 0.25) is 0 Å². The van der Waals surface area contributed by atoms with Gasteiger partial charge in [-0.15, -0.1) is 0 Å². The van der Waals surface area contributed by atoms with Gasteiger partial charge in [-0.1, -0.05) is 30.3 Å². The molecular weight excluding hydrogens is 596 g/mol. The van der Waals surface area contributed by atoms with Gasteiger partial charge in [0.2, 0.25) is 0 Å². The monoisotopic (exact) mass is 633 g/mol. The number of aryl methyl sites for hydroxylation is 2. The van der Waals surface area contributed by atoms with Gasteiger partial charge < -0.3 is 9.80 Å². The fourth-order valence-corrected chi connectivity index (χ4v) is 6.60. The Morgan fingerprint density at radius 2 is 1.40 bits per heavy atom. The number of carbonyl (C=O) groups excluding carboxylic acids is 1. The maximum absolute atomic E-state index is 13.8. The number of nitrogens with zero attached hydrogens (tertiary/aromatic N) is 5. The Balaban J connectivity index is 1.33. The predicted molar refractivity (Wildman–Crippen MR) is 159 cm³/mol. The number of hydrogen-bond acceptors (Lipinski definition) is 5. The van der Waals surface area contributed by atoms with Crippen molar-refractivity contribution in [3.8, 4) is 0 Å². The molecule has 0 atom stereocenters. The number of likely N-dealkylation sites (tertiary alicyclic amines) is 2. The van der Waals surface area contributed by atoms with Gasteiger partial charge in [-0.05, 0) is 70.2 Å². The lowest BCUT2D eigenvalue weighted by Crippen LogP contribution is -2.58. The van der Waals surface area contributed by atoms with E-state index in [9.17, 15) is 31.1 Å². The number of alkyl halides is 6. The molecular formula is C33H37F6N5O. The lowest BCUT2D eigenvalue weighted by Gasteiger charge is -2.50. The second kappa shape index (κ2) is 12.6. The van der Waals surface area contributed by atoms with E-state index in [1.54, 1.807) is 30.9 Å². The van der Waals surface area contributed by atoms with E-state index in [0.717, 1.165) is 30.5 Å². The molecule has 0 aliphatic carbocycles. The first kappa shape index (κ1) is 32.7. The van der Waals surface area contributed by atoms with Gasteiger partial charge in [0.1, 0.15) is 6.33 Å². The number of anilines is 1. The van der Waals surface area contributed by atoms with Crippen molar-refractivity contribution in [1.29, 1.82) is 0 Å². The van der Waals surface area contributed by atoms with Gasteiger partial charge in [0.25, 0.3) is 5.91 Å². The van der Waals surface area contributed by atoms with Crippen LogP contribution in [0.25, 0.3) is 0 Å². The van der Waals surface area contributed by atoms with Crippen LogP contribution in [0.1, 0.15) is 71.0 Å². The van der Waals surface area contributed by atoms with Crippen molar-refractivity contribution >= 4 is 11.6 Å². The molecule has 2 aliphatic heterocycles. The third kappa shape index (κ3) is 7.26. The molecule has 0 spiro atoms. The number of hydrogen-bond donors (Lipinski definition) is 0. The summed E-state index contributed by atoms with van der Waals surface area (Å²) in [6.07, 6.45) is -5.77. The molecule has 2 aliphatic rings. The molecule has 3 heterocycles. The maximum atomic E-state index is 13.8. The van der Waals surface area contributed by atoms with E-state index in [-0.39, 0.29) is 35.8 Å². The Labute approximate surface area is 259 Å². The van der Waals surface area contributed by atoms with Crippen LogP contribution in [0.4, 0.5) is 32.0 Å². The van der Waals surface area contributed by atoms with Crippen LogP contribution < -0.4 is 4.90 Å². The highest BCUT2D eigenvalue weighted by molar-refractivity contribution is 5.96. The normalized spacial score (nSPS) is 18.2. The van der Waals surface area contributed by atoms with Crippen molar-refractivity contribution in [1.82, 2.24) is 19.8 Å². The van der Waals surface area contributed by atoms with Crippen LogP contribution in [0.15, 0.2) is 54.9 Å². The molecule has 2 fully saturated rings. The fraction of sp³-hybridized carbons (Fsp3) is 0.485. The van der Waals surface area contributed by atoms with E-state index >= 15 is 0 Å². The van der Waals surface area contributed by atoms with Gasteiger partial charge in [-0.25, -0.2) is 9.97 Å². The van der Waals surface area contributed by atoms with Crippen LogP contribution >= 0.6 is 0 Å². The first-order valence-electron chi connectivity index (χ1n) is 15.1. The lowest BCUT2D eigenvalue weighted by atomic mass is 9.85. The summed E-state index contributed by atoms with van der Waals surface area (Å²) >= 11 is 0. The number of rotatable bonds is 6. The minimum atomic E-state index is -4.92. The third-order valence-corrected chi connectivity index (χ3v) is 9.34. The van der Waals surface area contributed by atoms with Crippen molar-refractivity contribution in [3.63, 3.8) is 0 Å². The molecule has 0 saturated carbocycles. The SMILES string of the molecule is Cc1ncnc(C)c1C(=O)N1CCC(C)(N2CCC(N(Cc3ccccc3)c3cc(C(F)(F)F)cc(C(F)(F)F)c3)CC2)CC1. The number of carbonyl (C=O) groups is 1. The second-order valence-corrected chi connectivity index (χ2v) is 12.3. The zero-order chi connectivity index (χ0) is 32.6. The molecule has 45 heavy (non-hydrogen) atoms. The summed E-state index contributed by atoms with van der Waals surface area (Å²) < 4.78 is 82.5. The molecule has 2 aromatic carbocycles. The minimum absolute atomic E-state index is 0.0813. The number of piperidine rings is 2. The summed E-state index contributed by atoms with van der Waals surface area (Å²) in [6, 6.07) is 10.6. The van der Waals surface area contributed by atoms with Crippen LogP contribution in [0.3, 0.4) is 0 Å². The summed E-state index contributed by atoms with van der Waals surface area (Å²) in [5.41, 5.74) is -0.297. The highest BCUT2D eigenvalue weighted by atomic mass is 19.4. The van der Waals surface area contributed by atoms with Crippen molar-refractivity contribution in [2.75, 3.05) is 31.1 Å². The zero-order valence-corrected chi connectivity index (χ0v) is 25.5. The van der Waals surface area contributed by atoms with Gasteiger partial charge in [-0.3, -0.25) is 9.69 Å². The molecule has 1 amide bonds. The summed E-state index contributed by atoms with van der Waals surface area (Å²) in [6.45, 7) is 8.34. The van der Waals surface area contributed by atoms with Crippen LogP contribution in [0.5, 0.6) is 0 Å². The smallest absolute Gasteiger partial charge is 0.364 e. The van der Waals surface area contributed by atoms with Crippen molar-refractivity contribution in [2.24, 2.45) is 0 Å². The van der Waals surface area contributed by atoms with Gasteiger partial charge >= 0.3 is 12.4 Å². The Morgan fingerprint density at radius 1 is 0.867 bits per heavy atom. The Kier molecular flexibility index (Phi) is 9.17. The summed E-state index contributed by atoms with van der Waals surface area (Å²) in [5, 5.41) is 0. The molecule has 0 radical (unpaired) electrons. The van der Waals surface area contributed by atoms with Crippen LogP contribution in [-0.2, 0) is 18.9 Å². The molecule has 0 N–H and O–H groups in total. The minimum Gasteiger partial charge on any atom is -0.364 e. The molecule has 2 saturated heterocycles. The molecule has 5 rings (SSSR count). The summed E-state index contributed by atoms with van der Waals surface area (Å²) in [4.78, 5) is 27.5. The number of benzene rings is 2. The Bertz CT molecular complexity index is 1440. The van der Waals surface area contributed by atoms with E-state index in [1.807, 2.05) is 23.1 Å². The molecule has 3 aromatic rings. The largest absolute Gasteiger partial charge is 0.416 e. The van der Waals surface area contributed by atoms with Crippen LogP contribution in [0, 0.1) is 13.8 Å². The highest BCUT2D eigenvalue weighted by Crippen LogP contribution is 2.40. The average Bonchev–Trinajstić information content (AvgIpc) is 2.99. The van der Waals surface area contributed by atoms with E-state index in [0.29, 0.717) is 56.0 Å². The predicted octanol–water partition coefficient (Wildman–Crippen LogP) is 7.30.